The number of aliphatic carboxylic acids is 1. The van der Waals surface area contributed by atoms with E-state index in [0.29, 0.717) is 17.5 Å². The van der Waals surface area contributed by atoms with Crippen molar-refractivity contribution in [1.82, 2.24) is 0 Å². The number of carbonyl (C=O) groups is 1. The van der Waals surface area contributed by atoms with Crippen molar-refractivity contribution >= 4 is 5.97 Å². The number of hydrogen-bond donors (Lipinski definition) is 1. The van der Waals surface area contributed by atoms with Gasteiger partial charge in [0.15, 0.2) is 0 Å². The predicted octanol–water partition coefficient (Wildman–Crippen LogP) is 2.89. The van der Waals surface area contributed by atoms with Crippen molar-refractivity contribution in [1.29, 1.82) is 0 Å². The van der Waals surface area contributed by atoms with Crippen molar-refractivity contribution in [3.8, 4) is 0 Å². The van der Waals surface area contributed by atoms with Crippen LogP contribution >= 0.6 is 0 Å². The van der Waals surface area contributed by atoms with Gasteiger partial charge in [0, 0.05) is 5.56 Å². The van der Waals surface area contributed by atoms with Gasteiger partial charge in [0.2, 0.25) is 0 Å². The molecule has 1 aliphatic rings. The Labute approximate surface area is 94.1 Å². The van der Waals surface area contributed by atoms with Crippen LogP contribution in [0.1, 0.15) is 31.4 Å². The molecule has 0 aliphatic heterocycles. The lowest BCUT2D eigenvalue weighted by molar-refractivity contribution is -0.141. The number of carboxylic acids is 1. The third-order valence-electron chi connectivity index (χ3n) is 3.75. The van der Waals surface area contributed by atoms with Gasteiger partial charge >= 0.3 is 5.97 Å². The van der Waals surface area contributed by atoms with Gasteiger partial charge in [-0.05, 0) is 24.3 Å². The summed E-state index contributed by atoms with van der Waals surface area (Å²) in [5.41, 5.74) is -0.581. The molecule has 1 atom stereocenters. The van der Waals surface area contributed by atoms with Crippen molar-refractivity contribution < 1.29 is 14.3 Å². The zero-order chi connectivity index (χ0) is 12.1. The zero-order valence-corrected chi connectivity index (χ0v) is 9.67. The summed E-state index contributed by atoms with van der Waals surface area (Å²) in [5.74, 6) is -1.31. The van der Waals surface area contributed by atoms with Gasteiger partial charge in [0.05, 0.1) is 0 Å². The molecule has 1 N–H and O–H groups in total. The molecule has 1 unspecified atom stereocenters. The van der Waals surface area contributed by atoms with Gasteiger partial charge in [-0.3, -0.25) is 4.79 Å². The summed E-state index contributed by atoms with van der Waals surface area (Å²) in [4.78, 5) is 11.4. The largest absolute Gasteiger partial charge is 0.481 e. The summed E-state index contributed by atoms with van der Waals surface area (Å²) in [7, 11) is 0. The Bertz CT molecular complexity index is 465. The molecule has 1 aromatic carbocycles. The first-order chi connectivity index (χ1) is 7.33. The summed E-state index contributed by atoms with van der Waals surface area (Å²) >= 11 is 0. The minimum Gasteiger partial charge on any atom is -0.481 e. The molecule has 0 bridgehead atoms. The van der Waals surface area contributed by atoms with E-state index < -0.39 is 11.4 Å². The van der Waals surface area contributed by atoms with E-state index in [9.17, 15) is 14.3 Å². The maximum atomic E-state index is 14.0. The molecule has 0 spiro atoms. The lowest BCUT2D eigenvalue weighted by Crippen LogP contribution is -2.27. The van der Waals surface area contributed by atoms with E-state index in [2.05, 4.69) is 0 Å². The van der Waals surface area contributed by atoms with Crippen LogP contribution in [-0.4, -0.2) is 11.1 Å². The van der Waals surface area contributed by atoms with Crippen LogP contribution in [0.15, 0.2) is 18.2 Å². The molecule has 2 rings (SSSR count). The molecule has 0 amide bonds. The quantitative estimate of drug-likeness (QED) is 0.835. The van der Waals surface area contributed by atoms with E-state index in [4.69, 9.17) is 0 Å². The van der Waals surface area contributed by atoms with Crippen LogP contribution in [0.2, 0.25) is 0 Å². The first-order valence-corrected chi connectivity index (χ1v) is 5.32. The molecule has 0 aromatic heterocycles. The molecule has 1 aromatic rings. The Morgan fingerprint density at radius 1 is 1.44 bits per heavy atom. The lowest BCUT2D eigenvalue weighted by atomic mass is 9.87. The molecule has 1 aliphatic carbocycles. The highest BCUT2D eigenvalue weighted by atomic mass is 19.1. The minimum atomic E-state index is -1.04. The second kappa shape index (κ2) is 3.06. The maximum absolute atomic E-state index is 14.0. The van der Waals surface area contributed by atoms with Crippen LogP contribution in [0.25, 0.3) is 0 Å². The molecule has 3 heteroatoms. The number of carboxylic acid groups (broad SMARTS) is 1. The van der Waals surface area contributed by atoms with Gasteiger partial charge < -0.3 is 5.11 Å². The second-order valence-corrected chi connectivity index (χ2v) is 5.21. The van der Waals surface area contributed by atoms with Crippen LogP contribution in [0.4, 0.5) is 4.39 Å². The fourth-order valence-corrected chi connectivity index (χ4v) is 2.54. The minimum absolute atomic E-state index is 0.324. The molecule has 0 heterocycles. The molecule has 16 heavy (non-hydrogen) atoms. The summed E-state index contributed by atoms with van der Waals surface area (Å²) in [6.07, 6.45) is 0.496. The fourth-order valence-electron chi connectivity index (χ4n) is 2.54. The summed E-state index contributed by atoms with van der Waals surface area (Å²) in [5, 5.41) is 9.34. The number of rotatable bonds is 2. The number of hydrogen-bond acceptors (Lipinski definition) is 1. The highest BCUT2D eigenvalue weighted by molar-refractivity contribution is 5.87. The second-order valence-electron chi connectivity index (χ2n) is 5.21. The van der Waals surface area contributed by atoms with Crippen LogP contribution < -0.4 is 0 Å². The average Bonchev–Trinajstić information content (AvgIpc) is 2.75. The molecule has 1 fully saturated rings. The lowest BCUT2D eigenvalue weighted by Gasteiger charge is -2.17. The number of benzene rings is 1. The molecule has 0 radical (unpaired) electrons. The van der Waals surface area contributed by atoms with E-state index in [1.165, 1.54) is 0 Å². The molecular weight excluding hydrogens is 207 g/mol. The van der Waals surface area contributed by atoms with Crippen molar-refractivity contribution in [2.24, 2.45) is 5.41 Å². The van der Waals surface area contributed by atoms with E-state index >= 15 is 0 Å². The highest BCUT2D eigenvalue weighted by Crippen LogP contribution is 2.64. The molecule has 86 valence electrons. The number of halogens is 1. The third kappa shape index (κ3) is 1.20. The fraction of sp³-hybridized carbons (Fsp3) is 0.462. The van der Waals surface area contributed by atoms with E-state index in [0.717, 1.165) is 0 Å². The predicted molar refractivity (Wildman–Crippen MR) is 58.8 cm³/mol. The Balaban J connectivity index is 2.60. The van der Waals surface area contributed by atoms with Gasteiger partial charge in [0.1, 0.15) is 11.2 Å². The summed E-state index contributed by atoms with van der Waals surface area (Å²) in [6, 6.07) is 4.96. The zero-order valence-electron chi connectivity index (χ0n) is 9.67. The molecule has 1 saturated carbocycles. The first kappa shape index (κ1) is 11.1. The summed E-state index contributed by atoms with van der Waals surface area (Å²) < 4.78 is 14.0. The topological polar surface area (TPSA) is 37.3 Å². The number of aryl methyl sites for hydroxylation is 1. The smallest absolute Gasteiger partial charge is 0.314 e. The SMILES string of the molecule is Cc1cccc(C2(C(=O)O)CC2(C)C)c1F. The van der Waals surface area contributed by atoms with Crippen molar-refractivity contribution in [3.63, 3.8) is 0 Å². The van der Waals surface area contributed by atoms with Gasteiger partial charge in [-0.2, -0.15) is 0 Å². The maximum Gasteiger partial charge on any atom is 0.314 e. The Kier molecular flexibility index (Phi) is 2.13. The third-order valence-corrected chi connectivity index (χ3v) is 3.75. The van der Waals surface area contributed by atoms with Crippen LogP contribution in [0.3, 0.4) is 0 Å². The van der Waals surface area contributed by atoms with E-state index in [1.54, 1.807) is 25.1 Å². The molecule has 2 nitrogen and oxygen atoms in total. The highest BCUT2D eigenvalue weighted by Gasteiger charge is 2.68. The van der Waals surface area contributed by atoms with Gasteiger partial charge in [0.25, 0.3) is 0 Å². The van der Waals surface area contributed by atoms with Crippen molar-refractivity contribution in [3.05, 3.63) is 35.1 Å². The van der Waals surface area contributed by atoms with E-state index in [1.807, 2.05) is 13.8 Å². The standard InChI is InChI=1S/C13H15FO2/c1-8-5-4-6-9(10(8)14)13(11(15)16)7-12(13,2)3/h4-6H,7H2,1-3H3,(H,15,16). The average molecular weight is 222 g/mol. The first-order valence-electron chi connectivity index (χ1n) is 5.32. The Morgan fingerprint density at radius 2 is 2.00 bits per heavy atom. The summed E-state index contributed by atoms with van der Waals surface area (Å²) in [6.45, 7) is 5.38. The van der Waals surface area contributed by atoms with Crippen LogP contribution in [-0.2, 0) is 10.2 Å². The van der Waals surface area contributed by atoms with Crippen molar-refractivity contribution in [2.75, 3.05) is 0 Å². The monoisotopic (exact) mass is 222 g/mol. The molecular formula is C13H15FO2. The van der Waals surface area contributed by atoms with Crippen LogP contribution in [0.5, 0.6) is 0 Å². The van der Waals surface area contributed by atoms with Crippen LogP contribution in [0, 0.1) is 18.2 Å². The normalized spacial score (nSPS) is 26.5. The van der Waals surface area contributed by atoms with Gasteiger partial charge in [-0.25, -0.2) is 4.39 Å². The Morgan fingerprint density at radius 3 is 2.44 bits per heavy atom. The Hall–Kier alpha value is -1.38. The van der Waals surface area contributed by atoms with E-state index in [-0.39, 0.29) is 11.2 Å². The molecule has 0 saturated heterocycles. The van der Waals surface area contributed by atoms with Gasteiger partial charge in [-0.15, -0.1) is 0 Å². The van der Waals surface area contributed by atoms with Gasteiger partial charge in [-0.1, -0.05) is 32.0 Å². The van der Waals surface area contributed by atoms with Crippen molar-refractivity contribution in [2.45, 2.75) is 32.6 Å².